The Labute approximate surface area is 120 Å². The summed E-state index contributed by atoms with van der Waals surface area (Å²) in [5.74, 6) is 1.51. The Hall–Kier alpha value is -1.68. The summed E-state index contributed by atoms with van der Waals surface area (Å²) in [5, 5.41) is 7.84. The fraction of sp³-hybridized carbons (Fsp3) is 0.500. The summed E-state index contributed by atoms with van der Waals surface area (Å²) in [7, 11) is 1.96. The fourth-order valence-electron chi connectivity index (χ4n) is 2.66. The van der Waals surface area contributed by atoms with Crippen molar-refractivity contribution in [2.75, 3.05) is 6.54 Å². The quantitative estimate of drug-likeness (QED) is 0.875. The maximum atomic E-state index is 4.38. The number of aryl methyl sites for hydroxylation is 2. The Bertz CT molecular complexity index is 571. The van der Waals surface area contributed by atoms with Crippen LogP contribution in [-0.2, 0) is 13.5 Å². The predicted octanol–water partition coefficient (Wildman–Crippen LogP) is 2.20. The van der Waals surface area contributed by atoms with E-state index in [1.54, 1.807) is 6.33 Å². The van der Waals surface area contributed by atoms with Crippen LogP contribution in [0.5, 0.6) is 0 Å². The van der Waals surface area contributed by atoms with E-state index in [0.29, 0.717) is 5.92 Å². The highest BCUT2D eigenvalue weighted by molar-refractivity contribution is 5.30. The van der Waals surface area contributed by atoms with Gasteiger partial charge in [0.15, 0.2) is 0 Å². The van der Waals surface area contributed by atoms with Gasteiger partial charge in [0.2, 0.25) is 0 Å². The van der Waals surface area contributed by atoms with E-state index in [9.17, 15) is 0 Å². The van der Waals surface area contributed by atoms with Gasteiger partial charge in [0.1, 0.15) is 12.2 Å². The highest BCUT2D eigenvalue weighted by atomic mass is 15.3. The van der Waals surface area contributed by atoms with Crippen LogP contribution >= 0.6 is 0 Å². The number of rotatable bonds is 6. The molecular formula is C16H22N4. The van der Waals surface area contributed by atoms with Crippen molar-refractivity contribution in [3.63, 3.8) is 0 Å². The topological polar surface area (TPSA) is 42.7 Å². The molecule has 0 radical (unpaired) electrons. The third kappa shape index (κ3) is 3.07. The zero-order chi connectivity index (χ0) is 13.9. The van der Waals surface area contributed by atoms with Crippen molar-refractivity contribution in [3.05, 3.63) is 47.5 Å². The number of aromatic nitrogens is 3. The SMILES string of the molecule is Cc1ccccc1C(CNC1CC1)Cc1ncnn1C. The summed E-state index contributed by atoms with van der Waals surface area (Å²) in [6.07, 6.45) is 5.22. The predicted molar refractivity (Wildman–Crippen MR) is 79.7 cm³/mol. The summed E-state index contributed by atoms with van der Waals surface area (Å²) < 4.78 is 1.88. The molecule has 1 heterocycles. The van der Waals surface area contributed by atoms with Gasteiger partial charge in [0.25, 0.3) is 0 Å². The molecule has 1 aliphatic carbocycles. The largest absolute Gasteiger partial charge is 0.313 e. The lowest BCUT2D eigenvalue weighted by Crippen LogP contribution is -2.26. The van der Waals surface area contributed by atoms with Crippen LogP contribution in [0.25, 0.3) is 0 Å². The Balaban J connectivity index is 1.79. The maximum Gasteiger partial charge on any atom is 0.138 e. The molecule has 0 saturated heterocycles. The van der Waals surface area contributed by atoms with Crippen molar-refractivity contribution in [3.8, 4) is 0 Å². The molecule has 3 rings (SSSR count). The molecule has 20 heavy (non-hydrogen) atoms. The number of benzene rings is 1. The van der Waals surface area contributed by atoms with Crippen LogP contribution in [0.3, 0.4) is 0 Å². The lowest BCUT2D eigenvalue weighted by Gasteiger charge is -2.19. The normalized spacial score (nSPS) is 16.3. The van der Waals surface area contributed by atoms with Gasteiger partial charge in [0.05, 0.1) is 0 Å². The summed E-state index contributed by atoms with van der Waals surface area (Å²) in [6.45, 7) is 3.21. The number of nitrogens with one attached hydrogen (secondary N) is 1. The second-order valence-electron chi connectivity index (χ2n) is 5.74. The van der Waals surface area contributed by atoms with Gasteiger partial charge in [-0.15, -0.1) is 0 Å². The van der Waals surface area contributed by atoms with E-state index in [2.05, 4.69) is 46.6 Å². The molecule has 0 bridgehead atoms. The van der Waals surface area contributed by atoms with Crippen molar-refractivity contribution in [1.82, 2.24) is 20.1 Å². The molecule has 2 aromatic rings. The summed E-state index contributed by atoms with van der Waals surface area (Å²) >= 11 is 0. The van der Waals surface area contributed by atoms with Gasteiger partial charge in [-0.3, -0.25) is 4.68 Å². The zero-order valence-corrected chi connectivity index (χ0v) is 12.2. The fourth-order valence-corrected chi connectivity index (χ4v) is 2.66. The van der Waals surface area contributed by atoms with E-state index in [-0.39, 0.29) is 0 Å². The van der Waals surface area contributed by atoms with Crippen LogP contribution in [-0.4, -0.2) is 27.4 Å². The van der Waals surface area contributed by atoms with Gasteiger partial charge in [0, 0.05) is 32.0 Å². The lowest BCUT2D eigenvalue weighted by molar-refractivity contribution is 0.549. The minimum Gasteiger partial charge on any atom is -0.313 e. The molecule has 0 amide bonds. The smallest absolute Gasteiger partial charge is 0.138 e. The minimum atomic E-state index is 0.458. The average molecular weight is 270 g/mol. The first-order valence-electron chi connectivity index (χ1n) is 7.36. The molecule has 1 aliphatic rings. The Morgan fingerprint density at radius 3 is 2.80 bits per heavy atom. The van der Waals surface area contributed by atoms with E-state index < -0.39 is 0 Å². The molecule has 1 aromatic carbocycles. The molecule has 4 heteroatoms. The van der Waals surface area contributed by atoms with Crippen LogP contribution < -0.4 is 5.32 Å². The molecule has 106 valence electrons. The standard InChI is InChI=1S/C16H22N4/c1-12-5-3-4-6-15(12)13(10-17-14-7-8-14)9-16-18-11-19-20(16)2/h3-6,11,13-14,17H,7-10H2,1-2H3. The number of nitrogens with zero attached hydrogens (tertiary/aromatic N) is 3. The molecule has 0 aliphatic heterocycles. The molecule has 1 N–H and O–H groups in total. The van der Waals surface area contributed by atoms with Crippen molar-refractivity contribution in [2.45, 2.75) is 38.1 Å². The second kappa shape index (κ2) is 5.75. The van der Waals surface area contributed by atoms with Crippen LogP contribution in [0.1, 0.15) is 35.7 Å². The average Bonchev–Trinajstić information content (AvgIpc) is 3.19. The molecule has 1 fully saturated rings. The Kier molecular flexibility index (Phi) is 3.83. The first-order valence-corrected chi connectivity index (χ1v) is 7.36. The molecule has 0 spiro atoms. The lowest BCUT2D eigenvalue weighted by atomic mass is 9.91. The van der Waals surface area contributed by atoms with Gasteiger partial charge >= 0.3 is 0 Å². The van der Waals surface area contributed by atoms with Crippen molar-refractivity contribution in [1.29, 1.82) is 0 Å². The van der Waals surface area contributed by atoms with Gasteiger partial charge in [-0.2, -0.15) is 5.10 Å². The Morgan fingerprint density at radius 2 is 2.15 bits per heavy atom. The highest BCUT2D eigenvalue weighted by Gasteiger charge is 2.23. The maximum absolute atomic E-state index is 4.38. The van der Waals surface area contributed by atoms with Crippen molar-refractivity contribution in [2.24, 2.45) is 7.05 Å². The summed E-state index contributed by atoms with van der Waals surface area (Å²) in [5.41, 5.74) is 2.78. The molecule has 1 atom stereocenters. The molecule has 1 unspecified atom stereocenters. The van der Waals surface area contributed by atoms with E-state index in [1.165, 1.54) is 24.0 Å². The zero-order valence-electron chi connectivity index (χ0n) is 12.2. The summed E-state index contributed by atoms with van der Waals surface area (Å²) in [4.78, 5) is 4.38. The van der Waals surface area contributed by atoms with E-state index >= 15 is 0 Å². The molecule has 1 saturated carbocycles. The second-order valence-corrected chi connectivity index (χ2v) is 5.74. The third-order valence-corrected chi connectivity index (χ3v) is 4.09. The Morgan fingerprint density at radius 1 is 1.35 bits per heavy atom. The minimum absolute atomic E-state index is 0.458. The van der Waals surface area contributed by atoms with Crippen LogP contribution in [0.15, 0.2) is 30.6 Å². The monoisotopic (exact) mass is 270 g/mol. The van der Waals surface area contributed by atoms with Crippen LogP contribution in [0.2, 0.25) is 0 Å². The molecule has 4 nitrogen and oxygen atoms in total. The van der Waals surface area contributed by atoms with E-state index in [1.807, 2.05) is 11.7 Å². The first-order chi connectivity index (χ1) is 9.74. The number of hydrogen-bond donors (Lipinski definition) is 1. The molecular weight excluding hydrogens is 248 g/mol. The molecule has 1 aromatic heterocycles. The third-order valence-electron chi connectivity index (χ3n) is 4.09. The van der Waals surface area contributed by atoms with Crippen molar-refractivity contribution >= 4 is 0 Å². The van der Waals surface area contributed by atoms with Crippen LogP contribution in [0.4, 0.5) is 0 Å². The van der Waals surface area contributed by atoms with Crippen molar-refractivity contribution < 1.29 is 0 Å². The van der Waals surface area contributed by atoms with Gasteiger partial charge in [-0.1, -0.05) is 24.3 Å². The highest BCUT2D eigenvalue weighted by Crippen LogP contribution is 2.25. The van der Waals surface area contributed by atoms with Gasteiger partial charge in [-0.05, 0) is 30.9 Å². The van der Waals surface area contributed by atoms with Crippen LogP contribution in [0, 0.1) is 6.92 Å². The van der Waals surface area contributed by atoms with Gasteiger partial charge in [-0.25, -0.2) is 4.98 Å². The van der Waals surface area contributed by atoms with E-state index in [4.69, 9.17) is 0 Å². The van der Waals surface area contributed by atoms with Gasteiger partial charge < -0.3 is 5.32 Å². The number of hydrogen-bond acceptors (Lipinski definition) is 3. The van der Waals surface area contributed by atoms with E-state index in [0.717, 1.165) is 24.8 Å². The summed E-state index contributed by atoms with van der Waals surface area (Å²) in [6, 6.07) is 9.40. The first kappa shape index (κ1) is 13.3.